The van der Waals surface area contributed by atoms with Crippen LogP contribution in [0.15, 0.2) is 48.5 Å². The first kappa shape index (κ1) is 13.7. The van der Waals surface area contributed by atoms with Crippen molar-refractivity contribution in [2.45, 2.75) is 6.42 Å². The Kier molecular flexibility index (Phi) is 4.10. The number of carbonyl (C=O) groups excluding carboxylic acids is 1. The molecule has 5 heteroatoms. The SMILES string of the molecule is COc1ccc(C(=O)Cc2cccc([N+](=O)[O-])c2)cc1. The van der Waals surface area contributed by atoms with Gasteiger partial charge in [0.1, 0.15) is 5.75 Å². The lowest BCUT2D eigenvalue weighted by Gasteiger charge is -2.03. The van der Waals surface area contributed by atoms with E-state index in [0.717, 1.165) is 0 Å². The normalized spacial score (nSPS) is 10.1. The Balaban J connectivity index is 2.14. The molecular formula is C15H13NO4. The number of ketones is 1. The molecule has 0 saturated heterocycles. The predicted molar refractivity (Wildman–Crippen MR) is 74.1 cm³/mol. The summed E-state index contributed by atoms with van der Waals surface area (Å²) in [5.74, 6) is 0.588. The summed E-state index contributed by atoms with van der Waals surface area (Å²) >= 11 is 0. The molecule has 20 heavy (non-hydrogen) atoms. The van der Waals surface area contributed by atoms with Gasteiger partial charge in [-0.15, -0.1) is 0 Å². The minimum absolute atomic E-state index is 0.00923. The van der Waals surface area contributed by atoms with Gasteiger partial charge >= 0.3 is 0 Å². The van der Waals surface area contributed by atoms with E-state index in [9.17, 15) is 14.9 Å². The largest absolute Gasteiger partial charge is 0.497 e. The van der Waals surface area contributed by atoms with Crippen molar-refractivity contribution < 1.29 is 14.5 Å². The van der Waals surface area contributed by atoms with Gasteiger partial charge in [-0.1, -0.05) is 12.1 Å². The number of hydrogen-bond acceptors (Lipinski definition) is 4. The number of hydrogen-bond donors (Lipinski definition) is 0. The van der Waals surface area contributed by atoms with Crippen molar-refractivity contribution in [3.8, 4) is 5.75 Å². The number of nitro groups is 1. The molecule has 2 aromatic carbocycles. The van der Waals surface area contributed by atoms with Crippen LogP contribution < -0.4 is 4.74 Å². The van der Waals surface area contributed by atoms with Gasteiger partial charge in [0, 0.05) is 24.1 Å². The average Bonchev–Trinajstić information content (AvgIpc) is 2.47. The number of benzene rings is 2. The fourth-order valence-corrected chi connectivity index (χ4v) is 1.84. The monoisotopic (exact) mass is 271 g/mol. The fraction of sp³-hybridized carbons (Fsp3) is 0.133. The first-order chi connectivity index (χ1) is 9.60. The van der Waals surface area contributed by atoms with Gasteiger partial charge < -0.3 is 4.74 Å². The standard InChI is InChI=1S/C15H13NO4/c1-20-14-7-5-12(6-8-14)15(17)10-11-3-2-4-13(9-11)16(18)19/h2-9H,10H2,1H3. The van der Waals surface area contributed by atoms with E-state index in [-0.39, 0.29) is 17.9 Å². The van der Waals surface area contributed by atoms with Crippen LogP contribution in [0.2, 0.25) is 0 Å². The summed E-state index contributed by atoms with van der Waals surface area (Å²) in [4.78, 5) is 22.3. The minimum atomic E-state index is -0.471. The lowest BCUT2D eigenvalue weighted by molar-refractivity contribution is -0.384. The molecule has 0 heterocycles. The number of non-ortho nitro benzene ring substituents is 1. The average molecular weight is 271 g/mol. The van der Waals surface area contributed by atoms with E-state index >= 15 is 0 Å². The second-order valence-corrected chi connectivity index (χ2v) is 4.26. The van der Waals surface area contributed by atoms with E-state index < -0.39 is 4.92 Å². The molecule has 2 aromatic rings. The number of nitro benzene ring substituents is 1. The van der Waals surface area contributed by atoms with E-state index in [0.29, 0.717) is 16.9 Å². The minimum Gasteiger partial charge on any atom is -0.497 e. The van der Waals surface area contributed by atoms with Crippen LogP contribution in [0.25, 0.3) is 0 Å². The van der Waals surface area contributed by atoms with Crippen molar-refractivity contribution in [2.24, 2.45) is 0 Å². The smallest absolute Gasteiger partial charge is 0.269 e. The molecule has 0 fully saturated rings. The Morgan fingerprint density at radius 2 is 1.90 bits per heavy atom. The van der Waals surface area contributed by atoms with Crippen LogP contribution in [0.5, 0.6) is 5.75 Å². The van der Waals surface area contributed by atoms with Gasteiger partial charge in [0.15, 0.2) is 5.78 Å². The molecule has 0 amide bonds. The second-order valence-electron chi connectivity index (χ2n) is 4.26. The Morgan fingerprint density at radius 1 is 1.20 bits per heavy atom. The van der Waals surface area contributed by atoms with E-state index in [1.807, 2.05) is 0 Å². The topological polar surface area (TPSA) is 69.4 Å². The van der Waals surface area contributed by atoms with Gasteiger partial charge in [-0.25, -0.2) is 0 Å². The van der Waals surface area contributed by atoms with Gasteiger partial charge in [0.05, 0.1) is 12.0 Å². The quantitative estimate of drug-likeness (QED) is 0.476. The summed E-state index contributed by atoms with van der Waals surface area (Å²) in [6, 6.07) is 12.9. The van der Waals surface area contributed by atoms with Crippen LogP contribution in [0, 0.1) is 10.1 Å². The van der Waals surface area contributed by atoms with Gasteiger partial charge in [0.2, 0.25) is 0 Å². The highest BCUT2D eigenvalue weighted by atomic mass is 16.6. The molecule has 0 radical (unpaired) electrons. The third-order valence-corrected chi connectivity index (χ3v) is 2.90. The number of rotatable bonds is 5. The van der Waals surface area contributed by atoms with Crippen molar-refractivity contribution in [1.29, 1.82) is 0 Å². The van der Waals surface area contributed by atoms with Gasteiger partial charge in [-0.05, 0) is 29.8 Å². The molecule has 0 aliphatic rings. The summed E-state index contributed by atoms with van der Waals surface area (Å²) in [6.07, 6.45) is 0.133. The Labute approximate surface area is 116 Å². The van der Waals surface area contributed by atoms with Crippen molar-refractivity contribution in [3.63, 3.8) is 0 Å². The zero-order valence-electron chi connectivity index (χ0n) is 10.9. The molecule has 0 saturated carbocycles. The van der Waals surface area contributed by atoms with Crippen LogP contribution in [-0.2, 0) is 6.42 Å². The lowest BCUT2D eigenvalue weighted by Crippen LogP contribution is -2.03. The highest BCUT2D eigenvalue weighted by Gasteiger charge is 2.10. The van der Waals surface area contributed by atoms with Crippen LogP contribution >= 0.6 is 0 Å². The van der Waals surface area contributed by atoms with Gasteiger partial charge in [-0.3, -0.25) is 14.9 Å². The van der Waals surface area contributed by atoms with E-state index in [1.54, 1.807) is 43.5 Å². The van der Waals surface area contributed by atoms with Crippen LogP contribution in [-0.4, -0.2) is 17.8 Å². The number of methoxy groups -OCH3 is 1. The highest BCUT2D eigenvalue weighted by molar-refractivity contribution is 5.97. The molecule has 0 aliphatic carbocycles. The molecule has 0 atom stereocenters. The van der Waals surface area contributed by atoms with Crippen molar-refractivity contribution in [1.82, 2.24) is 0 Å². The van der Waals surface area contributed by atoms with Gasteiger partial charge in [0.25, 0.3) is 5.69 Å². The molecule has 102 valence electrons. The molecule has 0 aliphatic heterocycles. The predicted octanol–water partition coefficient (Wildman–Crippen LogP) is 3.03. The summed E-state index contributed by atoms with van der Waals surface area (Å²) in [6.45, 7) is 0. The molecule has 0 bridgehead atoms. The van der Waals surface area contributed by atoms with E-state index in [4.69, 9.17) is 4.74 Å². The zero-order chi connectivity index (χ0) is 14.5. The van der Waals surface area contributed by atoms with Gasteiger partial charge in [-0.2, -0.15) is 0 Å². The Bertz CT molecular complexity index is 635. The molecule has 0 unspecified atom stereocenters. The third kappa shape index (κ3) is 3.20. The highest BCUT2D eigenvalue weighted by Crippen LogP contribution is 2.17. The molecule has 0 N–H and O–H groups in total. The Hall–Kier alpha value is -2.69. The number of Topliss-reactive ketones (excluding diaryl/α,β-unsaturated/α-hetero) is 1. The molecule has 5 nitrogen and oxygen atoms in total. The molecule has 0 spiro atoms. The molecule has 0 aromatic heterocycles. The van der Waals surface area contributed by atoms with Crippen molar-refractivity contribution >= 4 is 11.5 Å². The third-order valence-electron chi connectivity index (χ3n) is 2.90. The molecule has 2 rings (SSSR count). The Morgan fingerprint density at radius 3 is 2.50 bits per heavy atom. The van der Waals surface area contributed by atoms with Crippen LogP contribution in [0.3, 0.4) is 0 Å². The van der Waals surface area contributed by atoms with Crippen molar-refractivity contribution in [2.75, 3.05) is 7.11 Å². The van der Waals surface area contributed by atoms with Crippen LogP contribution in [0.1, 0.15) is 15.9 Å². The maximum atomic E-state index is 12.1. The first-order valence-electron chi connectivity index (χ1n) is 6.01. The lowest BCUT2D eigenvalue weighted by atomic mass is 10.0. The number of carbonyl (C=O) groups is 1. The maximum absolute atomic E-state index is 12.1. The van der Waals surface area contributed by atoms with Crippen molar-refractivity contribution in [3.05, 3.63) is 69.8 Å². The second kappa shape index (κ2) is 5.97. The number of ether oxygens (including phenoxy) is 1. The van der Waals surface area contributed by atoms with Crippen LogP contribution in [0.4, 0.5) is 5.69 Å². The molecular weight excluding hydrogens is 258 g/mol. The zero-order valence-corrected chi connectivity index (χ0v) is 10.9. The summed E-state index contributed by atoms with van der Waals surface area (Å²) in [5.41, 5.74) is 1.17. The van der Waals surface area contributed by atoms with E-state index in [1.165, 1.54) is 12.1 Å². The summed E-state index contributed by atoms with van der Waals surface area (Å²) < 4.78 is 5.02. The number of nitrogens with zero attached hydrogens (tertiary/aromatic N) is 1. The summed E-state index contributed by atoms with van der Waals surface area (Å²) in [5, 5.41) is 10.7. The van der Waals surface area contributed by atoms with E-state index in [2.05, 4.69) is 0 Å². The summed E-state index contributed by atoms with van der Waals surface area (Å²) in [7, 11) is 1.56. The maximum Gasteiger partial charge on any atom is 0.269 e. The fourth-order valence-electron chi connectivity index (χ4n) is 1.84. The first-order valence-corrected chi connectivity index (χ1v) is 6.01.